The Bertz CT molecular complexity index is 1290. The molecular formula is C24H23ClN2O3S. The highest BCUT2D eigenvalue weighted by Gasteiger charge is 2.20. The number of sulfonamides is 1. The number of rotatable bonds is 7. The Hall–Kier alpha value is -2.93. The van der Waals surface area contributed by atoms with E-state index in [-0.39, 0.29) is 23.8 Å². The number of fused-ring (bicyclic) bond motifs is 1. The Morgan fingerprint density at radius 1 is 0.935 bits per heavy atom. The van der Waals surface area contributed by atoms with E-state index in [2.05, 4.69) is 9.71 Å². The van der Waals surface area contributed by atoms with Crippen molar-refractivity contribution in [2.75, 3.05) is 6.61 Å². The van der Waals surface area contributed by atoms with Gasteiger partial charge in [0.05, 0.1) is 17.0 Å². The summed E-state index contributed by atoms with van der Waals surface area (Å²) in [5, 5.41) is 0.959. The first kappa shape index (κ1) is 22.7. The summed E-state index contributed by atoms with van der Waals surface area (Å²) < 4.78 is 34.6. The third-order valence-electron chi connectivity index (χ3n) is 4.80. The van der Waals surface area contributed by atoms with Gasteiger partial charge in [-0.05, 0) is 31.2 Å². The number of para-hydroxylation sites is 2. The minimum atomic E-state index is -3.76. The van der Waals surface area contributed by atoms with Crippen molar-refractivity contribution in [2.24, 2.45) is 0 Å². The summed E-state index contributed by atoms with van der Waals surface area (Å²) in [4.78, 5) is 4.69. The van der Waals surface area contributed by atoms with Gasteiger partial charge in [0.25, 0.3) is 0 Å². The van der Waals surface area contributed by atoms with Crippen molar-refractivity contribution in [1.82, 2.24) is 9.71 Å². The minimum Gasteiger partial charge on any atom is -0.494 e. The Balaban J connectivity index is 0.00000272. The van der Waals surface area contributed by atoms with Gasteiger partial charge in [-0.3, -0.25) is 4.98 Å². The molecule has 1 N–H and O–H groups in total. The number of ether oxygens (including phenoxy) is 1. The largest absolute Gasteiger partial charge is 0.494 e. The summed E-state index contributed by atoms with van der Waals surface area (Å²) in [6, 6.07) is 24.1. The minimum absolute atomic E-state index is 0. The van der Waals surface area contributed by atoms with Crippen molar-refractivity contribution in [1.29, 1.82) is 0 Å². The van der Waals surface area contributed by atoms with Gasteiger partial charge in [-0.15, -0.1) is 12.4 Å². The van der Waals surface area contributed by atoms with E-state index < -0.39 is 10.0 Å². The van der Waals surface area contributed by atoms with Gasteiger partial charge in [0.1, 0.15) is 5.75 Å². The number of benzene rings is 3. The zero-order chi connectivity index (χ0) is 21.0. The lowest BCUT2D eigenvalue weighted by atomic mass is 10.1. The molecule has 0 unspecified atom stereocenters. The number of hydrogen-bond donors (Lipinski definition) is 1. The van der Waals surface area contributed by atoms with Gasteiger partial charge in [-0.25, -0.2) is 13.1 Å². The van der Waals surface area contributed by atoms with Crippen LogP contribution in [0.25, 0.3) is 22.0 Å². The molecule has 7 heteroatoms. The molecule has 0 radical (unpaired) electrons. The fraction of sp³-hybridized carbons (Fsp3) is 0.125. The van der Waals surface area contributed by atoms with Crippen LogP contribution in [-0.4, -0.2) is 20.0 Å². The number of nitrogens with one attached hydrogen (secondary N) is 1. The zero-order valence-corrected chi connectivity index (χ0v) is 18.6. The van der Waals surface area contributed by atoms with E-state index in [1.165, 1.54) is 0 Å². The van der Waals surface area contributed by atoms with E-state index >= 15 is 0 Å². The molecule has 0 saturated carbocycles. The van der Waals surface area contributed by atoms with Crippen LogP contribution in [0.1, 0.15) is 12.5 Å². The average Bonchev–Trinajstić information content (AvgIpc) is 2.78. The molecule has 0 aliphatic carbocycles. The molecular weight excluding hydrogens is 432 g/mol. The maximum absolute atomic E-state index is 13.2. The lowest BCUT2D eigenvalue weighted by Gasteiger charge is -2.14. The Morgan fingerprint density at radius 3 is 2.48 bits per heavy atom. The fourth-order valence-electron chi connectivity index (χ4n) is 3.35. The quantitative estimate of drug-likeness (QED) is 0.416. The SMILES string of the molecule is CCOc1ccccc1CNS(=O)(=O)c1ccccc1-c1cnc2ccccc2c1.Cl. The summed E-state index contributed by atoms with van der Waals surface area (Å²) in [5.41, 5.74) is 3.02. The first-order chi connectivity index (χ1) is 14.6. The van der Waals surface area contributed by atoms with Gasteiger partial charge in [0.2, 0.25) is 10.0 Å². The van der Waals surface area contributed by atoms with Crippen LogP contribution in [0.2, 0.25) is 0 Å². The van der Waals surface area contributed by atoms with Crippen LogP contribution >= 0.6 is 12.4 Å². The molecule has 0 aliphatic rings. The van der Waals surface area contributed by atoms with Crippen molar-refractivity contribution in [3.8, 4) is 16.9 Å². The molecule has 0 fully saturated rings. The summed E-state index contributed by atoms with van der Waals surface area (Å²) in [6.07, 6.45) is 1.71. The highest BCUT2D eigenvalue weighted by Crippen LogP contribution is 2.29. The van der Waals surface area contributed by atoms with Crippen LogP contribution < -0.4 is 9.46 Å². The first-order valence-corrected chi connectivity index (χ1v) is 11.2. The molecule has 0 aliphatic heterocycles. The zero-order valence-electron chi connectivity index (χ0n) is 17.0. The molecule has 0 amide bonds. The summed E-state index contributed by atoms with van der Waals surface area (Å²) >= 11 is 0. The highest BCUT2D eigenvalue weighted by molar-refractivity contribution is 7.89. The van der Waals surface area contributed by atoms with E-state index in [1.54, 1.807) is 24.4 Å². The molecule has 1 aromatic heterocycles. The van der Waals surface area contributed by atoms with Crippen molar-refractivity contribution in [3.63, 3.8) is 0 Å². The molecule has 0 bridgehead atoms. The molecule has 1 heterocycles. The number of nitrogens with zero attached hydrogens (tertiary/aromatic N) is 1. The van der Waals surface area contributed by atoms with Gasteiger partial charge in [0, 0.05) is 34.8 Å². The standard InChI is InChI=1S/C24H22N2O3S.ClH/c1-2-29-23-13-7-4-10-19(23)17-26-30(27,28)24-14-8-5-11-21(24)20-15-18-9-3-6-12-22(18)25-16-20;/h3-16,26H,2,17H2,1H3;1H. The second-order valence-electron chi connectivity index (χ2n) is 6.78. The predicted molar refractivity (Wildman–Crippen MR) is 126 cm³/mol. The molecule has 5 nitrogen and oxygen atoms in total. The van der Waals surface area contributed by atoms with E-state index in [0.717, 1.165) is 22.0 Å². The maximum atomic E-state index is 13.2. The first-order valence-electron chi connectivity index (χ1n) is 9.73. The number of halogens is 1. The normalized spacial score (nSPS) is 11.1. The van der Waals surface area contributed by atoms with Crippen LogP contribution in [0.15, 0.2) is 90.0 Å². The Morgan fingerprint density at radius 2 is 1.65 bits per heavy atom. The molecule has 160 valence electrons. The second kappa shape index (κ2) is 9.92. The Labute approximate surface area is 188 Å². The van der Waals surface area contributed by atoms with Gasteiger partial charge in [-0.1, -0.05) is 54.6 Å². The number of aromatic nitrogens is 1. The predicted octanol–water partition coefficient (Wildman–Crippen LogP) is 5.20. The second-order valence-corrected chi connectivity index (χ2v) is 8.51. The van der Waals surface area contributed by atoms with Crippen molar-refractivity contribution >= 4 is 33.3 Å². The van der Waals surface area contributed by atoms with Crippen molar-refractivity contribution in [2.45, 2.75) is 18.4 Å². The van der Waals surface area contributed by atoms with Crippen LogP contribution in [0, 0.1) is 0 Å². The van der Waals surface area contributed by atoms with Gasteiger partial charge < -0.3 is 4.74 Å². The van der Waals surface area contributed by atoms with Crippen molar-refractivity contribution in [3.05, 3.63) is 90.6 Å². The van der Waals surface area contributed by atoms with Crippen LogP contribution in [0.4, 0.5) is 0 Å². The third-order valence-corrected chi connectivity index (χ3v) is 6.26. The van der Waals surface area contributed by atoms with Crippen LogP contribution in [0.3, 0.4) is 0 Å². The van der Waals surface area contributed by atoms with Gasteiger partial charge >= 0.3 is 0 Å². The summed E-state index contributed by atoms with van der Waals surface area (Å²) in [7, 11) is -3.76. The summed E-state index contributed by atoms with van der Waals surface area (Å²) in [6.45, 7) is 2.55. The summed E-state index contributed by atoms with van der Waals surface area (Å²) in [5.74, 6) is 0.676. The fourth-order valence-corrected chi connectivity index (χ4v) is 4.59. The van der Waals surface area contributed by atoms with Gasteiger partial charge in [0.15, 0.2) is 0 Å². The molecule has 4 rings (SSSR count). The topological polar surface area (TPSA) is 68.3 Å². The smallest absolute Gasteiger partial charge is 0.241 e. The van der Waals surface area contributed by atoms with E-state index in [9.17, 15) is 8.42 Å². The molecule has 0 saturated heterocycles. The Kier molecular flexibility index (Phi) is 7.28. The van der Waals surface area contributed by atoms with Gasteiger partial charge in [-0.2, -0.15) is 0 Å². The number of hydrogen-bond acceptors (Lipinski definition) is 4. The molecule has 3 aromatic carbocycles. The van der Waals surface area contributed by atoms with E-state index in [1.807, 2.05) is 67.6 Å². The van der Waals surface area contributed by atoms with E-state index in [4.69, 9.17) is 4.74 Å². The number of pyridine rings is 1. The lowest BCUT2D eigenvalue weighted by molar-refractivity contribution is 0.336. The third kappa shape index (κ3) is 5.05. The maximum Gasteiger partial charge on any atom is 0.241 e. The molecule has 0 spiro atoms. The van der Waals surface area contributed by atoms with E-state index in [0.29, 0.717) is 17.9 Å². The van der Waals surface area contributed by atoms with Crippen molar-refractivity contribution < 1.29 is 13.2 Å². The molecule has 0 atom stereocenters. The molecule has 4 aromatic rings. The lowest BCUT2D eigenvalue weighted by Crippen LogP contribution is -2.24. The molecule has 31 heavy (non-hydrogen) atoms. The monoisotopic (exact) mass is 454 g/mol. The highest BCUT2D eigenvalue weighted by atomic mass is 35.5. The van der Waals surface area contributed by atoms with Crippen LogP contribution in [-0.2, 0) is 16.6 Å². The van der Waals surface area contributed by atoms with Crippen LogP contribution in [0.5, 0.6) is 5.75 Å². The average molecular weight is 455 g/mol.